The molecule has 0 spiro atoms. The van der Waals surface area contributed by atoms with Gasteiger partial charge in [-0.05, 0) is 35.5 Å². The van der Waals surface area contributed by atoms with Crippen molar-refractivity contribution < 1.29 is 24.0 Å². The molecule has 0 saturated carbocycles. The van der Waals surface area contributed by atoms with Crippen LogP contribution in [0.25, 0.3) is 6.08 Å². The van der Waals surface area contributed by atoms with E-state index in [1.54, 1.807) is 18.2 Å². The van der Waals surface area contributed by atoms with E-state index < -0.39 is 16.1 Å². The molecule has 0 radical (unpaired) electrons. The van der Waals surface area contributed by atoms with Gasteiger partial charge in [-0.1, -0.05) is 35.7 Å². The van der Waals surface area contributed by atoms with E-state index >= 15 is 0 Å². The molecule has 158 valence electrons. The van der Waals surface area contributed by atoms with Crippen LogP contribution in [0, 0.1) is 22.5 Å². The highest BCUT2D eigenvalue weighted by atomic mass is 35.5. The number of benzene rings is 2. The Bertz CT molecular complexity index is 1140. The highest BCUT2D eigenvalue weighted by molar-refractivity contribution is 8.18. The predicted molar refractivity (Wildman–Crippen MR) is 117 cm³/mol. The van der Waals surface area contributed by atoms with Gasteiger partial charge in [0.25, 0.3) is 16.8 Å². The molecule has 0 bridgehead atoms. The van der Waals surface area contributed by atoms with Gasteiger partial charge in [-0.2, -0.15) is 0 Å². The molecule has 0 atom stereocenters. The van der Waals surface area contributed by atoms with Gasteiger partial charge in [-0.15, -0.1) is 6.42 Å². The third-order valence-corrected chi connectivity index (χ3v) is 5.43. The molecule has 0 aromatic heterocycles. The number of amides is 2. The second-order valence-corrected chi connectivity index (χ2v) is 7.58. The van der Waals surface area contributed by atoms with E-state index in [4.69, 9.17) is 27.5 Å². The molecule has 1 saturated heterocycles. The minimum absolute atomic E-state index is 0.0000612. The van der Waals surface area contributed by atoms with Crippen LogP contribution >= 0.6 is 23.4 Å². The molecule has 1 heterocycles. The summed E-state index contributed by atoms with van der Waals surface area (Å²) in [6.45, 7) is -0.206. The van der Waals surface area contributed by atoms with Gasteiger partial charge in [-0.3, -0.25) is 24.6 Å². The van der Waals surface area contributed by atoms with Crippen LogP contribution in [0.2, 0.25) is 5.02 Å². The van der Waals surface area contributed by atoms with Crippen molar-refractivity contribution in [3.63, 3.8) is 0 Å². The first-order valence-electron chi connectivity index (χ1n) is 8.77. The van der Waals surface area contributed by atoms with E-state index in [2.05, 4.69) is 5.92 Å². The van der Waals surface area contributed by atoms with Gasteiger partial charge in [0.05, 0.1) is 28.5 Å². The summed E-state index contributed by atoms with van der Waals surface area (Å²) in [7, 11) is 1.43. The first kappa shape index (κ1) is 22.2. The average molecular weight is 459 g/mol. The molecule has 0 aliphatic carbocycles. The maximum absolute atomic E-state index is 12.8. The zero-order valence-corrected chi connectivity index (χ0v) is 17.7. The summed E-state index contributed by atoms with van der Waals surface area (Å²) >= 11 is 6.98. The third kappa shape index (κ3) is 4.82. The van der Waals surface area contributed by atoms with Crippen molar-refractivity contribution in [3.8, 4) is 23.8 Å². The fourth-order valence-electron chi connectivity index (χ4n) is 2.86. The van der Waals surface area contributed by atoms with Gasteiger partial charge in [0.2, 0.25) is 0 Å². The summed E-state index contributed by atoms with van der Waals surface area (Å²) in [5.74, 6) is 2.35. The molecule has 1 aliphatic heterocycles. The number of carbonyl (C=O) groups is 2. The first-order chi connectivity index (χ1) is 14.8. The maximum atomic E-state index is 12.8. The normalized spacial score (nSPS) is 14.6. The second kappa shape index (κ2) is 9.55. The monoisotopic (exact) mass is 458 g/mol. The molecule has 2 aromatic rings. The Morgan fingerprint density at radius 1 is 1.32 bits per heavy atom. The number of terminal acetylenes is 1. The van der Waals surface area contributed by atoms with E-state index in [9.17, 15) is 19.7 Å². The first-order valence-corrected chi connectivity index (χ1v) is 9.96. The summed E-state index contributed by atoms with van der Waals surface area (Å²) < 4.78 is 10.7. The lowest BCUT2D eigenvalue weighted by atomic mass is 10.1. The number of carbonyl (C=O) groups excluding carboxylic acids is 2. The molecule has 10 heteroatoms. The summed E-state index contributed by atoms with van der Waals surface area (Å²) in [6, 6.07) is 9.09. The van der Waals surface area contributed by atoms with E-state index in [1.165, 1.54) is 31.4 Å². The highest BCUT2D eigenvalue weighted by Gasteiger charge is 2.36. The fourth-order valence-corrected chi connectivity index (χ4v) is 3.97. The van der Waals surface area contributed by atoms with Crippen molar-refractivity contribution in [1.82, 2.24) is 4.90 Å². The second-order valence-electron chi connectivity index (χ2n) is 6.18. The van der Waals surface area contributed by atoms with Gasteiger partial charge >= 0.3 is 0 Å². The molecule has 2 aromatic carbocycles. The number of para-hydroxylation sites is 1. The molecule has 1 aliphatic rings. The molecule has 31 heavy (non-hydrogen) atoms. The van der Waals surface area contributed by atoms with E-state index in [1.807, 2.05) is 0 Å². The van der Waals surface area contributed by atoms with E-state index in [-0.39, 0.29) is 40.1 Å². The fraction of sp³-hybridized carbons (Fsp3) is 0.143. The lowest BCUT2D eigenvalue weighted by Gasteiger charge is -2.13. The summed E-state index contributed by atoms with van der Waals surface area (Å²) in [5.41, 5.74) is 0.603. The van der Waals surface area contributed by atoms with Crippen molar-refractivity contribution in [2.24, 2.45) is 0 Å². The minimum Gasteiger partial charge on any atom is -0.493 e. The molecular formula is C21H15ClN2O6S. The molecule has 0 N–H and O–H groups in total. The third-order valence-electron chi connectivity index (χ3n) is 4.24. The number of rotatable bonds is 7. The van der Waals surface area contributed by atoms with Crippen molar-refractivity contribution >= 4 is 46.3 Å². The van der Waals surface area contributed by atoms with Crippen LogP contribution in [0.1, 0.15) is 11.1 Å². The van der Waals surface area contributed by atoms with Crippen LogP contribution in [0.15, 0.2) is 41.3 Å². The smallest absolute Gasteiger partial charge is 0.293 e. The summed E-state index contributed by atoms with van der Waals surface area (Å²) in [5, 5.41) is 10.9. The molecule has 3 rings (SSSR count). The van der Waals surface area contributed by atoms with Gasteiger partial charge in [0.15, 0.2) is 11.5 Å². The number of halogens is 1. The number of ether oxygens (including phenoxy) is 2. The van der Waals surface area contributed by atoms with Crippen LogP contribution in [0.3, 0.4) is 0 Å². The number of nitrogens with zero attached hydrogens (tertiary/aromatic N) is 2. The number of nitro groups is 1. The number of imide groups is 1. The Morgan fingerprint density at radius 3 is 2.74 bits per heavy atom. The highest BCUT2D eigenvalue weighted by Crippen LogP contribution is 2.39. The minimum atomic E-state index is -0.559. The summed E-state index contributed by atoms with van der Waals surface area (Å²) in [6.07, 6.45) is 6.69. The Balaban J connectivity index is 1.88. The van der Waals surface area contributed by atoms with Gasteiger partial charge < -0.3 is 9.47 Å². The standard InChI is InChI=1S/C21H15ClN2O6S/c1-3-8-30-19-15(22)9-13(10-17(19)29-2)11-18-20(25)23(21(26)31-18)12-14-6-4-5-7-16(14)24(27)28/h1,4-7,9-11H,8,12H2,2H3/b18-11-. The van der Waals surface area contributed by atoms with Crippen LogP contribution in [-0.4, -0.2) is 34.7 Å². The lowest BCUT2D eigenvalue weighted by Crippen LogP contribution is -2.27. The Labute approximate surface area is 186 Å². The Morgan fingerprint density at radius 2 is 2.06 bits per heavy atom. The quantitative estimate of drug-likeness (QED) is 0.260. The van der Waals surface area contributed by atoms with Crippen molar-refractivity contribution in [2.45, 2.75) is 6.54 Å². The number of hydrogen-bond acceptors (Lipinski definition) is 7. The molecular weight excluding hydrogens is 444 g/mol. The molecule has 0 unspecified atom stereocenters. The topological polar surface area (TPSA) is 99.0 Å². The van der Waals surface area contributed by atoms with Crippen molar-refractivity contribution in [3.05, 3.63) is 67.6 Å². The van der Waals surface area contributed by atoms with Gasteiger partial charge in [-0.25, -0.2) is 0 Å². The Hall–Kier alpha value is -3.48. The lowest BCUT2D eigenvalue weighted by molar-refractivity contribution is -0.385. The van der Waals surface area contributed by atoms with Gasteiger partial charge in [0.1, 0.15) is 6.61 Å². The number of methoxy groups -OCH3 is 1. The molecule has 8 nitrogen and oxygen atoms in total. The van der Waals surface area contributed by atoms with Crippen molar-refractivity contribution in [2.75, 3.05) is 13.7 Å². The number of hydrogen-bond donors (Lipinski definition) is 0. The summed E-state index contributed by atoms with van der Waals surface area (Å²) in [4.78, 5) is 37.0. The number of thioether (sulfide) groups is 1. The van der Waals surface area contributed by atoms with Crippen LogP contribution in [0.4, 0.5) is 10.5 Å². The zero-order chi connectivity index (χ0) is 22.5. The van der Waals surface area contributed by atoms with Crippen LogP contribution in [0.5, 0.6) is 11.5 Å². The largest absolute Gasteiger partial charge is 0.493 e. The van der Waals surface area contributed by atoms with E-state index in [0.29, 0.717) is 11.3 Å². The maximum Gasteiger partial charge on any atom is 0.293 e. The Kier molecular flexibility index (Phi) is 6.84. The van der Waals surface area contributed by atoms with E-state index in [0.717, 1.165) is 16.7 Å². The molecule has 1 fully saturated rings. The molecule has 2 amide bonds. The zero-order valence-electron chi connectivity index (χ0n) is 16.2. The SMILES string of the molecule is C#CCOc1c(Cl)cc(/C=C2\SC(=O)N(Cc3ccccc3[N+](=O)[O-])C2=O)cc1OC. The predicted octanol–water partition coefficient (Wildman–Crippen LogP) is 4.51. The van der Waals surface area contributed by atoms with Gasteiger partial charge in [0, 0.05) is 11.6 Å². The number of nitro benzene ring substituents is 1. The van der Waals surface area contributed by atoms with Crippen LogP contribution < -0.4 is 9.47 Å². The average Bonchev–Trinajstić information content (AvgIpc) is 3.00. The van der Waals surface area contributed by atoms with Crippen molar-refractivity contribution in [1.29, 1.82) is 0 Å². The van der Waals surface area contributed by atoms with Crippen LogP contribution in [-0.2, 0) is 11.3 Å².